The molecule has 0 bridgehead atoms. The maximum absolute atomic E-state index is 13.0. The second kappa shape index (κ2) is 58.8. The van der Waals surface area contributed by atoms with E-state index >= 15 is 0 Å². The van der Waals surface area contributed by atoms with E-state index in [1.54, 1.807) is 0 Å². The number of esters is 4. The molecule has 0 aliphatic heterocycles. The zero-order valence-corrected chi connectivity index (χ0v) is 59.1. The number of phosphoric acid groups is 2. The van der Waals surface area contributed by atoms with E-state index in [4.69, 9.17) is 37.0 Å². The van der Waals surface area contributed by atoms with Crippen LogP contribution in [0.1, 0.15) is 338 Å². The molecule has 0 aliphatic rings. The van der Waals surface area contributed by atoms with Crippen molar-refractivity contribution in [3.63, 3.8) is 0 Å². The normalized spacial score (nSPS) is 14.9. The van der Waals surface area contributed by atoms with Crippen molar-refractivity contribution in [3.05, 3.63) is 0 Å². The summed E-state index contributed by atoms with van der Waals surface area (Å²) >= 11 is 0. The van der Waals surface area contributed by atoms with Gasteiger partial charge in [-0.15, -0.1) is 0 Å². The lowest BCUT2D eigenvalue weighted by Crippen LogP contribution is -2.30. The van der Waals surface area contributed by atoms with E-state index in [9.17, 15) is 43.2 Å². The monoisotopic (exact) mass is 1300 g/mol. The first kappa shape index (κ1) is 86.1. The van der Waals surface area contributed by atoms with Gasteiger partial charge in [0.15, 0.2) is 12.2 Å². The molecule has 0 aromatic carbocycles. The third-order valence-corrected chi connectivity index (χ3v) is 18.4. The SMILES string of the molecule is CCC(C)CCCCCCCCCCCCC(=O)O[C@H](COC(=O)CCCCCCCCCCC(C)C)COP(=O)(O)OC[C@@H](O)COP(=O)(O)OC[C@@H](COC(=O)CCCCCCCCC(C)C)OC(=O)CCCCCCCCCCCCC(C)CC. The Bertz CT molecular complexity index is 1750. The molecule has 0 aromatic rings. The van der Waals surface area contributed by atoms with Crippen LogP contribution in [0.2, 0.25) is 0 Å². The Morgan fingerprint density at radius 2 is 0.545 bits per heavy atom. The minimum Gasteiger partial charge on any atom is -0.462 e. The Kier molecular flexibility index (Phi) is 57.6. The van der Waals surface area contributed by atoms with Gasteiger partial charge in [-0.05, 0) is 49.4 Å². The van der Waals surface area contributed by atoms with Crippen LogP contribution in [0.4, 0.5) is 0 Å². The standard InChI is InChI=1S/C69H134O17P2/c1-9-61(7)47-39-31-22-15-11-13-17-25-35-43-51-68(73)85-64(55-79-66(71)49-41-33-24-20-19-21-29-37-45-59(3)4)57-83-87(75,76)81-53-63(70)54-82-88(77,78)84-58-65(56-80-67(72)50-42-34-28-27-30-38-46-60(5)6)86-69(74)52-44-36-26-18-14-12-16-23-32-40-48-62(8)10-2/h59-65,70H,9-58H2,1-8H3,(H,75,76)(H,77,78)/t61?,62?,63-,64-,65-/m1/s1. The highest BCUT2D eigenvalue weighted by Gasteiger charge is 2.30. The van der Waals surface area contributed by atoms with Gasteiger partial charge < -0.3 is 33.8 Å². The van der Waals surface area contributed by atoms with E-state index in [1.807, 2.05) is 0 Å². The minimum absolute atomic E-state index is 0.104. The molecule has 3 N–H and O–H groups in total. The fourth-order valence-electron chi connectivity index (χ4n) is 10.2. The van der Waals surface area contributed by atoms with E-state index in [-0.39, 0.29) is 25.7 Å². The molecule has 88 heavy (non-hydrogen) atoms. The van der Waals surface area contributed by atoms with E-state index in [1.165, 1.54) is 135 Å². The maximum atomic E-state index is 13.0. The van der Waals surface area contributed by atoms with Gasteiger partial charge in [0.2, 0.25) is 0 Å². The molecule has 0 spiro atoms. The van der Waals surface area contributed by atoms with Crippen molar-refractivity contribution < 1.29 is 80.2 Å². The zero-order valence-electron chi connectivity index (χ0n) is 57.3. The third kappa shape index (κ3) is 60.3. The summed E-state index contributed by atoms with van der Waals surface area (Å²) in [5.41, 5.74) is 0. The Hall–Kier alpha value is -1.94. The Morgan fingerprint density at radius 1 is 0.318 bits per heavy atom. The van der Waals surface area contributed by atoms with Crippen molar-refractivity contribution in [2.24, 2.45) is 23.7 Å². The Balaban J connectivity index is 5.26. The molecular weight excluding hydrogens is 1160 g/mol. The second-order valence-corrected chi connectivity index (χ2v) is 29.3. The van der Waals surface area contributed by atoms with Crippen LogP contribution in [0, 0.1) is 23.7 Å². The number of rotatable bonds is 66. The Morgan fingerprint density at radius 3 is 0.807 bits per heavy atom. The van der Waals surface area contributed by atoms with Gasteiger partial charge in [-0.3, -0.25) is 37.3 Å². The number of hydrogen-bond donors (Lipinski definition) is 3. The van der Waals surface area contributed by atoms with E-state index < -0.39 is 97.5 Å². The predicted molar refractivity (Wildman–Crippen MR) is 354 cm³/mol. The number of unbranched alkanes of at least 4 members (excludes halogenated alkanes) is 30. The van der Waals surface area contributed by atoms with Crippen molar-refractivity contribution in [1.29, 1.82) is 0 Å². The molecule has 4 unspecified atom stereocenters. The van der Waals surface area contributed by atoms with Crippen LogP contribution in [-0.2, 0) is 65.4 Å². The number of aliphatic hydroxyl groups is 1. The van der Waals surface area contributed by atoms with Crippen molar-refractivity contribution in [1.82, 2.24) is 0 Å². The molecule has 0 saturated carbocycles. The van der Waals surface area contributed by atoms with Gasteiger partial charge in [-0.25, -0.2) is 9.13 Å². The summed E-state index contributed by atoms with van der Waals surface area (Å²) in [6.45, 7) is 14.1. The van der Waals surface area contributed by atoms with Gasteiger partial charge >= 0.3 is 39.5 Å². The highest BCUT2D eigenvalue weighted by atomic mass is 31.2. The van der Waals surface area contributed by atoms with Crippen LogP contribution in [-0.4, -0.2) is 96.7 Å². The lowest BCUT2D eigenvalue weighted by molar-refractivity contribution is -0.161. The molecule has 0 fully saturated rings. The summed E-state index contributed by atoms with van der Waals surface area (Å²) in [5.74, 6) is 0.879. The number of hydrogen-bond acceptors (Lipinski definition) is 15. The number of ether oxygens (including phenoxy) is 4. The number of phosphoric ester groups is 2. The molecular formula is C69H134O17P2. The van der Waals surface area contributed by atoms with Crippen LogP contribution in [0.3, 0.4) is 0 Å². The summed E-state index contributed by atoms with van der Waals surface area (Å²) in [6.07, 6.45) is 40.3. The fraction of sp³-hybridized carbons (Fsp3) is 0.942. The van der Waals surface area contributed by atoms with E-state index in [0.29, 0.717) is 31.6 Å². The Labute approximate surface area is 537 Å². The molecule has 0 aromatic heterocycles. The first-order valence-electron chi connectivity index (χ1n) is 35.8. The molecule has 0 rings (SSSR count). The summed E-state index contributed by atoms with van der Waals surface area (Å²) < 4.78 is 68.2. The largest absolute Gasteiger partial charge is 0.472 e. The molecule has 522 valence electrons. The van der Waals surface area contributed by atoms with Crippen molar-refractivity contribution in [2.75, 3.05) is 39.6 Å². The highest BCUT2D eigenvalue weighted by molar-refractivity contribution is 7.47. The van der Waals surface area contributed by atoms with Crippen LogP contribution < -0.4 is 0 Å². The first-order chi connectivity index (χ1) is 42.2. The maximum Gasteiger partial charge on any atom is 0.472 e. The van der Waals surface area contributed by atoms with Gasteiger partial charge in [0, 0.05) is 25.7 Å². The average molecular weight is 1300 g/mol. The van der Waals surface area contributed by atoms with Crippen LogP contribution in [0.15, 0.2) is 0 Å². The lowest BCUT2D eigenvalue weighted by atomic mass is 9.99. The van der Waals surface area contributed by atoms with Gasteiger partial charge in [-0.1, -0.05) is 287 Å². The zero-order chi connectivity index (χ0) is 65.4. The summed E-state index contributed by atoms with van der Waals surface area (Å²) in [4.78, 5) is 72.5. The predicted octanol–water partition coefficient (Wildman–Crippen LogP) is 19.3. The smallest absolute Gasteiger partial charge is 0.462 e. The third-order valence-electron chi connectivity index (χ3n) is 16.5. The lowest BCUT2D eigenvalue weighted by Gasteiger charge is -2.21. The summed E-state index contributed by atoms with van der Waals surface area (Å²) in [7, 11) is -9.90. The number of aliphatic hydroxyl groups excluding tert-OH is 1. The van der Waals surface area contributed by atoms with Crippen molar-refractivity contribution >= 4 is 39.5 Å². The van der Waals surface area contributed by atoms with E-state index in [2.05, 4.69) is 55.4 Å². The minimum atomic E-state index is -4.95. The van der Waals surface area contributed by atoms with Gasteiger partial charge in [0.1, 0.15) is 19.3 Å². The molecule has 17 nitrogen and oxygen atoms in total. The molecule has 0 amide bonds. The molecule has 7 atom stereocenters. The summed E-state index contributed by atoms with van der Waals surface area (Å²) in [6, 6.07) is 0. The fourth-order valence-corrected chi connectivity index (χ4v) is 11.8. The van der Waals surface area contributed by atoms with Crippen LogP contribution in [0.25, 0.3) is 0 Å². The molecule has 0 saturated heterocycles. The molecule has 0 radical (unpaired) electrons. The molecule has 0 aliphatic carbocycles. The number of carbonyl (C=O) groups is 4. The highest BCUT2D eigenvalue weighted by Crippen LogP contribution is 2.45. The van der Waals surface area contributed by atoms with E-state index in [0.717, 1.165) is 114 Å². The quantitative estimate of drug-likeness (QED) is 0.0222. The van der Waals surface area contributed by atoms with Gasteiger partial charge in [-0.2, -0.15) is 0 Å². The summed E-state index contributed by atoms with van der Waals surface area (Å²) in [5, 5.41) is 10.6. The number of carbonyl (C=O) groups excluding carboxylic acids is 4. The first-order valence-corrected chi connectivity index (χ1v) is 38.8. The van der Waals surface area contributed by atoms with Gasteiger partial charge in [0.05, 0.1) is 26.4 Å². The second-order valence-electron chi connectivity index (χ2n) is 26.4. The topological polar surface area (TPSA) is 237 Å². The molecule has 0 heterocycles. The van der Waals surface area contributed by atoms with Gasteiger partial charge in [0.25, 0.3) is 0 Å². The van der Waals surface area contributed by atoms with Crippen molar-refractivity contribution in [3.8, 4) is 0 Å². The van der Waals surface area contributed by atoms with Crippen LogP contribution >= 0.6 is 15.6 Å². The van der Waals surface area contributed by atoms with Crippen LogP contribution in [0.5, 0.6) is 0 Å². The van der Waals surface area contributed by atoms with Crippen molar-refractivity contribution in [2.45, 2.75) is 356 Å². The average Bonchev–Trinajstić information content (AvgIpc) is 3.55. The molecule has 19 heteroatoms.